The maximum Gasteiger partial charge on any atom is 0.312 e. The molecule has 0 unspecified atom stereocenters. The number of carbonyl (C=O) groups excluding carboxylic acids is 3. The van der Waals surface area contributed by atoms with E-state index in [1.807, 2.05) is 47.4 Å². The van der Waals surface area contributed by atoms with Crippen molar-refractivity contribution in [3.05, 3.63) is 65.5 Å². The molecule has 3 amide bonds. The van der Waals surface area contributed by atoms with Gasteiger partial charge in [0.15, 0.2) is 0 Å². The largest absolute Gasteiger partial charge is 0.339 e. The number of rotatable bonds is 5. The van der Waals surface area contributed by atoms with E-state index in [9.17, 15) is 14.4 Å². The molecule has 2 aliphatic rings. The lowest BCUT2D eigenvalue weighted by molar-refractivity contribution is -0.156. The lowest BCUT2D eigenvalue weighted by atomic mass is 10.1. The smallest absolute Gasteiger partial charge is 0.312 e. The molecule has 0 aliphatic carbocycles. The summed E-state index contributed by atoms with van der Waals surface area (Å²) in [6, 6.07) is 12.9. The zero-order valence-electron chi connectivity index (χ0n) is 17.0. The topological polar surface area (TPSA) is 73.8 Å². The Morgan fingerprint density at radius 1 is 0.800 bits per heavy atom. The molecular weight excluding hydrogens is 380 g/mol. The summed E-state index contributed by atoms with van der Waals surface area (Å²) in [7, 11) is 0. The van der Waals surface area contributed by atoms with Crippen molar-refractivity contribution in [3.8, 4) is 0 Å². The van der Waals surface area contributed by atoms with Crippen molar-refractivity contribution in [1.82, 2.24) is 19.7 Å². The number of carbonyl (C=O) groups is 3. The second kappa shape index (κ2) is 9.07. The normalized spacial score (nSPS) is 17.4. The Bertz CT molecular complexity index is 908. The van der Waals surface area contributed by atoms with Crippen LogP contribution in [0.25, 0.3) is 0 Å². The monoisotopic (exact) mass is 406 g/mol. The molecular formula is C23H26N4O3. The lowest BCUT2D eigenvalue weighted by Crippen LogP contribution is -2.53. The van der Waals surface area contributed by atoms with Crippen molar-refractivity contribution < 1.29 is 14.4 Å². The number of likely N-dealkylation sites (tertiary alicyclic amines) is 1. The van der Waals surface area contributed by atoms with Gasteiger partial charge in [-0.2, -0.15) is 0 Å². The third-order valence-corrected chi connectivity index (χ3v) is 5.69. The van der Waals surface area contributed by atoms with E-state index in [1.165, 1.54) is 6.42 Å². The summed E-state index contributed by atoms with van der Waals surface area (Å²) >= 11 is 0. The standard InChI is InChI=1S/C23H26N4O3/c28-21(25-12-4-1-5-13-25)19-9-7-18(8-10-19)16-26-14-15-27(23(30)22(26)29)17-20-6-2-3-11-24-20/h2-3,6-11H,1,4-5,12-17H2. The van der Waals surface area contributed by atoms with Gasteiger partial charge in [0.1, 0.15) is 0 Å². The number of hydrogen-bond donors (Lipinski definition) is 0. The van der Waals surface area contributed by atoms with Crippen LogP contribution in [0.4, 0.5) is 0 Å². The maximum atomic E-state index is 12.6. The van der Waals surface area contributed by atoms with Gasteiger partial charge in [-0.1, -0.05) is 18.2 Å². The van der Waals surface area contributed by atoms with E-state index >= 15 is 0 Å². The molecule has 2 saturated heterocycles. The van der Waals surface area contributed by atoms with Crippen LogP contribution < -0.4 is 0 Å². The molecule has 1 aromatic carbocycles. The van der Waals surface area contributed by atoms with Crippen LogP contribution in [-0.4, -0.2) is 63.6 Å². The summed E-state index contributed by atoms with van der Waals surface area (Å²) in [6.07, 6.45) is 4.99. The first-order valence-corrected chi connectivity index (χ1v) is 10.5. The summed E-state index contributed by atoms with van der Waals surface area (Å²) in [5.74, 6) is -0.926. The van der Waals surface area contributed by atoms with Crippen LogP contribution >= 0.6 is 0 Å². The molecule has 30 heavy (non-hydrogen) atoms. The Morgan fingerprint density at radius 3 is 2.10 bits per heavy atom. The number of piperidine rings is 1. The van der Waals surface area contributed by atoms with Gasteiger partial charge in [-0.25, -0.2) is 0 Å². The van der Waals surface area contributed by atoms with Gasteiger partial charge in [0, 0.05) is 44.5 Å². The van der Waals surface area contributed by atoms with E-state index in [4.69, 9.17) is 0 Å². The van der Waals surface area contributed by atoms with Crippen LogP contribution in [0.5, 0.6) is 0 Å². The van der Waals surface area contributed by atoms with Gasteiger partial charge in [-0.15, -0.1) is 0 Å². The number of amides is 3. The Morgan fingerprint density at radius 2 is 1.47 bits per heavy atom. The van der Waals surface area contributed by atoms with Crippen LogP contribution in [0.3, 0.4) is 0 Å². The first kappa shape index (κ1) is 20.1. The van der Waals surface area contributed by atoms with E-state index in [-0.39, 0.29) is 5.91 Å². The Kier molecular flexibility index (Phi) is 6.07. The van der Waals surface area contributed by atoms with Crippen molar-refractivity contribution in [3.63, 3.8) is 0 Å². The molecule has 2 fully saturated rings. The molecule has 0 saturated carbocycles. The molecule has 0 bridgehead atoms. The summed E-state index contributed by atoms with van der Waals surface area (Å²) in [4.78, 5) is 46.9. The first-order valence-electron chi connectivity index (χ1n) is 10.5. The minimum Gasteiger partial charge on any atom is -0.339 e. The van der Waals surface area contributed by atoms with Crippen molar-refractivity contribution in [2.75, 3.05) is 26.2 Å². The molecule has 0 spiro atoms. The van der Waals surface area contributed by atoms with Crippen LogP contribution in [0.15, 0.2) is 48.7 Å². The fourth-order valence-corrected chi connectivity index (χ4v) is 3.96. The summed E-state index contributed by atoms with van der Waals surface area (Å²) in [6.45, 7) is 3.30. The Balaban J connectivity index is 1.35. The van der Waals surface area contributed by atoms with Crippen LogP contribution in [0.1, 0.15) is 40.9 Å². The molecule has 3 heterocycles. The number of benzene rings is 1. The first-order chi connectivity index (χ1) is 14.6. The summed E-state index contributed by atoms with van der Waals surface area (Å²) < 4.78 is 0. The van der Waals surface area contributed by atoms with Gasteiger partial charge >= 0.3 is 11.8 Å². The van der Waals surface area contributed by atoms with Gasteiger partial charge in [0.2, 0.25) is 0 Å². The number of piperazine rings is 1. The highest BCUT2D eigenvalue weighted by Crippen LogP contribution is 2.16. The quantitative estimate of drug-likeness (QED) is 0.713. The number of aromatic nitrogens is 1. The fraction of sp³-hybridized carbons (Fsp3) is 0.391. The van der Waals surface area contributed by atoms with E-state index < -0.39 is 11.8 Å². The molecule has 1 aromatic heterocycles. The van der Waals surface area contributed by atoms with Crippen LogP contribution in [0, 0.1) is 0 Å². The average Bonchev–Trinajstić information content (AvgIpc) is 2.80. The van der Waals surface area contributed by atoms with Gasteiger partial charge < -0.3 is 14.7 Å². The second-order valence-electron chi connectivity index (χ2n) is 7.82. The van der Waals surface area contributed by atoms with Crippen molar-refractivity contribution >= 4 is 17.7 Å². The maximum absolute atomic E-state index is 12.6. The van der Waals surface area contributed by atoms with Gasteiger partial charge in [0.25, 0.3) is 5.91 Å². The second-order valence-corrected chi connectivity index (χ2v) is 7.82. The van der Waals surface area contributed by atoms with Gasteiger partial charge in [-0.3, -0.25) is 19.4 Å². The molecule has 0 N–H and O–H groups in total. The molecule has 2 aromatic rings. The molecule has 0 radical (unpaired) electrons. The SMILES string of the molecule is O=C1C(=O)N(Cc2ccccn2)CCN1Cc1ccc(C(=O)N2CCCCC2)cc1. The summed E-state index contributed by atoms with van der Waals surface area (Å²) in [5.41, 5.74) is 2.34. The number of pyridine rings is 1. The third kappa shape index (κ3) is 4.50. The third-order valence-electron chi connectivity index (χ3n) is 5.69. The van der Waals surface area contributed by atoms with E-state index in [2.05, 4.69) is 4.98 Å². The zero-order chi connectivity index (χ0) is 20.9. The predicted octanol–water partition coefficient (Wildman–Crippen LogP) is 2.08. The van der Waals surface area contributed by atoms with E-state index in [1.54, 1.807) is 16.0 Å². The minimum atomic E-state index is -0.496. The number of hydrogen-bond acceptors (Lipinski definition) is 4. The number of nitrogens with zero attached hydrogens (tertiary/aromatic N) is 4. The van der Waals surface area contributed by atoms with Crippen molar-refractivity contribution in [1.29, 1.82) is 0 Å². The minimum absolute atomic E-state index is 0.0654. The van der Waals surface area contributed by atoms with Crippen LogP contribution in [-0.2, 0) is 22.7 Å². The average molecular weight is 406 g/mol. The van der Waals surface area contributed by atoms with Crippen molar-refractivity contribution in [2.45, 2.75) is 32.4 Å². The Hall–Kier alpha value is -3.22. The van der Waals surface area contributed by atoms with Gasteiger partial charge in [0.05, 0.1) is 12.2 Å². The predicted molar refractivity (Wildman–Crippen MR) is 111 cm³/mol. The molecule has 0 atom stereocenters. The molecule has 7 nitrogen and oxygen atoms in total. The molecule has 4 rings (SSSR count). The van der Waals surface area contributed by atoms with E-state index in [0.29, 0.717) is 31.7 Å². The summed E-state index contributed by atoms with van der Waals surface area (Å²) in [5, 5.41) is 0. The fourth-order valence-electron chi connectivity index (χ4n) is 3.96. The highest BCUT2D eigenvalue weighted by atomic mass is 16.2. The highest BCUT2D eigenvalue weighted by Gasteiger charge is 2.32. The van der Waals surface area contributed by atoms with Crippen molar-refractivity contribution in [2.24, 2.45) is 0 Å². The zero-order valence-corrected chi connectivity index (χ0v) is 17.0. The van der Waals surface area contributed by atoms with E-state index in [0.717, 1.165) is 37.2 Å². The Labute approximate surface area is 176 Å². The van der Waals surface area contributed by atoms with Gasteiger partial charge in [-0.05, 0) is 49.1 Å². The highest BCUT2D eigenvalue weighted by molar-refractivity contribution is 6.35. The van der Waals surface area contributed by atoms with Crippen LogP contribution in [0.2, 0.25) is 0 Å². The molecule has 7 heteroatoms. The molecule has 156 valence electrons. The lowest BCUT2D eigenvalue weighted by Gasteiger charge is -2.33. The molecule has 2 aliphatic heterocycles.